The molecule has 0 spiro atoms. The molecule has 0 bridgehead atoms. The Kier molecular flexibility index (Phi) is 6.25. The lowest BCUT2D eigenvalue weighted by Gasteiger charge is -2.34. The Morgan fingerprint density at radius 3 is 2.42 bits per heavy atom. The molecule has 2 aliphatic rings. The molecular formula is C23H24ClFN4OS. The second kappa shape index (κ2) is 8.93. The van der Waals surface area contributed by atoms with E-state index in [0.29, 0.717) is 24.7 Å². The summed E-state index contributed by atoms with van der Waals surface area (Å²) in [6, 6.07) is 13.8. The Hall–Kier alpha value is -2.51. The van der Waals surface area contributed by atoms with Crippen molar-refractivity contribution in [2.24, 2.45) is 5.92 Å². The highest BCUT2D eigenvalue weighted by Gasteiger charge is 2.33. The van der Waals surface area contributed by atoms with Gasteiger partial charge in [0.2, 0.25) is 5.91 Å². The van der Waals surface area contributed by atoms with Crippen LogP contribution in [-0.2, 0) is 17.9 Å². The zero-order valence-electron chi connectivity index (χ0n) is 16.9. The summed E-state index contributed by atoms with van der Waals surface area (Å²) in [5.74, 6) is 1.81. The number of anilines is 2. The van der Waals surface area contributed by atoms with Gasteiger partial charge in [0, 0.05) is 35.3 Å². The number of nitrogens with zero attached hydrogens (tertiary/aromatic N) is 3. The third kappa shape index (κ3) is 4.29. The molecule has 2 aromatic carbocycles. The molecule has 0 unspecified atom stereocenters. The molecule has 0 radical (unpaired) electrons. The van der Waals surface area contributed by atoms with Crippen LogP contribution in [0.15, 0.2) is 48.5 Å². The van der Waals surface area contributed by atoms with Crippen LogP contribution >= 0.6 is 25.1 Å². The largest absolute Gasteiger partial charge is 0.340 e. The van der Waals surface area contributed by atoms with Gasteiger partial charge in [-0.15, -0.1) is 0 Å². The zero-order chi connectivity index (χ0) is 20.7. The van der Waals surface area contributed by atoms with Gasteiger partial charge in [0.15, 0.2) is 0 Å². The van der Waals surface area contributed by atoms with Crippen molar-refractivity contribution in [1.29, 1.82) is 0 Å². The van der Waals surface area contributed by atoms with Crippen LogP contribution in [0.2, 0.25) is 5.02 Å². The molecule has 5 rings (SSSR count). The average Bonchev–Trinajstić information content (AvgIpc) is 3.06. The third-order valence-corrected chi connectivity index (χ3v) is 6.22. The van der Waals surface area contributed by atoms with Crippen molar-refractivity contribution in [2.45, 2.75) is 32.4 Å². The molecule has 2 heterocycles. The number of halogens is 2. The summed E-state index contributed by atoms with van der Waals surface area (Å²) < 4.78 is 15.6. The second-order valence-corrected chi connectivity index (χ2v) is 8.34. The normalized spacial score (nSPS) is 15.6. The van der Waals surface area contributed by atoms with Gasteiger partial charge in [0.25, 0.3) is 0 Å². The van der Waals surface area contributed by atoms with E-state index in [1.165, 1.54) is 12.1 Å². The summed E-state index contributed by atoms with van der Waals surface area (Å²) in [5, 5.41) is 4.12. The molecule has 1 amide bonds. The van der Waals surface area contributed by atoms with E-state index >= 15 is 0 Å². The number of carbonyl (C=O) groups excluding carboxylic acids is 1. The Labute approximate surface area is 192 Å². The number of carbonyl (C=O) groups is 1. The number of imidazole rings is 1. The number of aromatic nitrogens is 2. The Morgan fingerprint density at radius 2 is 1.77 bits per heavy atom. The first-order chi connectivity index (χ1) is 14.6. The third-order valence-electron chi connectivity index (χ3n) is 5.96. The van der Waals surface area contributed by atoms with E-state index in [1.807, 2.05) is 29.2 Å². The van der Waals surface area contributed by atoms with Gasteiger partial charge in [0.1, 0.15) is 23.2 Å². The summed E-state index contributed by atoms with van der Waals surface area (Å²) in [6.07, 6.45) is 3.13. The van der Waals surface area contributed by atoms with Crippen molar-refractivity contribution in [3.63, 3.8) is 0 Å². The van der Waals surface area contributed by atoms with Crippen molar-refractivity contribution < 1.29 is 9.18 Å². The van der Waals surface area contributed by atoms with E-state index in [4.69, 9.17) is 16.6 Å². The molecule has 5 nitrogen and oxygen atoms in total. The first-order valence-electron chi connectivity index (χ1n) is 10.3. The number of amides is 1. The van der Waals surface area contributed by atoms with Crippen molar-refractivity contribution >= 4 is 42.5 Å². The maximum absolute atomic E-state index is 13.5. The van der Waals surface area contributed by atoms with Gasteiger partial charge in [0.05, 0.1) is 6.54 Å². The molecule has 3 aromatic rings. The highest BCUT2D eigenvalue weighted by molar-refractivity contribution is 7.59. The van der Waals surface area contributed by atoms with E-state index in [0.717, 1.165) is 47.8 Å². The highest BCUT2D eigenvalue weighted by Crippen LogP contribution is 2.35. The van der Waals surface area contributed by atoms with Crippen LogP contribution in [0.4, 0.5) is 15.9 Å². The van der Waals surface area contributed by atoms with Crippen LogP contribution in [0.1, 0.15) is 25.1 Å². The van der Waals surface area contributed by atoms with Gasteiger partial charge in [-0.1, -0.05) is 18.0 Å². The van der Waals surface area contributed by atoms with E-state index in [9.17, 15) is 9.18 Å². The fourth-order valence-electron chi connectivity index (χ4n) is 4.04. The Balaban J connectivity index is 0.00000231. The lowest BCUT2D eigenvalue weighted by atomic mass is 9.84. The van der Waals surface area contributed by atoms with Gasteiger partial charge in [-0.2, -0.15) is 13.5 Å². The molecule has 0 atom stereocenters. The van der Waals surface area contributed by atoms with Crippen LogP contribution in [-0.4, -0.2) is 26.9 Å². The minimum atomic E-state index is -0.285. The van der Waals surface area contributed by atoms with Gasteiger partial charge in [-0.25, -0.2) is 9.37 Å². The zero-order valence-corrected chi connectivity index (χ0v) is 18.7. The SMILES string of the molecule is O=C(C1CCC1)N1CCn2c(nc(-c3ccc(F)cc3)c2Nc2ccc(Cl)cc2)C1.S. The maximum Gasteiger partial charge on any atom is 0.226 e. The number of benzene rings is 2. The summed E-state index contributed by atoms with van der Waals surface area (Å²) in [7, 11) is 0. The quantitative estimate of drug-likeness (QED) is 0.574. The van der Waals surface area contributed by atoms with Crippen molar-refractivity contribution in [3.8, 4) is 11.3 Å². The fraction of sp³-hybridized carbons (Fsp3) is 0.304. The first kappa shape index (κ1) is 21.7. The lowest BCUT2D eigenvalue weighted by molar-refractivity contribution is -0.139. The molecule has 1 fully saturated rings. The first-order valence-corrected chi connectivity index (χ1v) is 10.6. The molecule has 1 N–H and O–H groups in total. The smallest absolute Gasteiger partial charge is 0.226 e. The van der Waals surface area contributed by atoms with Crippen LogP contribution in [0, 0.1) is 11.7 Å². The van der Waals surface area contributed by atoms with E-state index in [1.54, 1.807) is 12.1 Å². The number of fused-ring (bicyclic) bond motifs is 1. The minimum Gasteiger partial charge on any atom is -0.340 e. The minimum absolute atomic E-state index is 0. The molecular weight excluding hydrogens is 435 g/mol. The molecule has 162 valence electrons. The maximum atomic E-state index is 13.5. The van der Waals surface area contributed by atoms with Crippen molar-refractivity contribution in [2.75, 3.05) is 11.9 Å². The monoisotopic (exact) mass is 458 g/mol. The van der Waals surface area contributed by atoms with Crippen LogP contribution in [0.3, 0.4) is 0 Å². The van der Waals surface area contributed by atoms with Gasteiger partial charge < -0.3 is 14.8 Å². The molecule has 1 aromatic heterocycles. The van der Waals surface area contributed by atoms with E-state index in [2.05, 4.69) is 9.88 Å². The summed E-state index contributed by atoms with van der Waals surface area (Å²) >= 11 is 6.02. The Bertz CT molecular complexity index is 1080. The standard InChI is InChI=1S/C23H22ClFN4O.H2S/c24-17-6-10-19(11-7-17)26-22-21(15-4-8-18(25)9-5-15)27-20-14-28(12-13-29(20)22)23(30)16-2-1-3-16;/h4-11,16,26H,1-3,12-14H2;1H2. The molecule has 1 aliphatic heterocycles. The molecule has 8 heteroatoms. The molecule has 31 heavy (non-hydrogen) atoms. The molecule has 1 saturated carbocycles. The summed E-state index contributed by atoms with van der Waals surface area (Å²) in [5.41, 5.74) is 2.46. The second-order valence-electron chi connectivity index (χ2n) is 7.90. The number of hydrogen-bond donors (Lipinski definition) is 1. The predicted molar refractivity (Wildman–Crippen MR) is 125 cm³/mol. The fourth-order valence-corrected chi connectivity index (χ4v) is 4.16. The van der Waals surface area contributed by atoms with Gasteiger partial charge >= 0.3 is 0 Å². The van der Waals surface area contributed by atoms with Gasteiger partial charge in [-0.05, 0) is 61.4 Å². The number of rotatable bonds is 4. The lowest BCUT2D eigenvalue weighted by Crippen LogP contribution is -2.43. The predicted octanol–water partition coefficient (Wildman–Crippen LogP) is 5.34. The number of hydrogen-bond acceptors (Lipinski definition) is 3. The molecule has 0 saturated heterocycles. The molecule has 1 aliphatic carbocycles. The van der Waals surface area contributed by atoms with Crippen LogP contribution in [0.25, 0.3) is 11.3 Å². The van der Waals surface area contributed by atoms with Crippen molar-refractivity contribution in [3.05, 3.63) is 65.2 Å². The van der Waals surface area contributed by atoms with Crippen LogP contribution < -0.4 is 5.32 Å². The van der Waals surface area contributed by atoms with Crippen LogP contribution in [0.5, 0.6) is 0 Å². The number of nitrogens with one attached hydrogen (secondary N) is 1. The van der Waals surface area contributed by atoms with Crippen molar-refractivity contribution in [1.82, 2.24) is 14.5 Å². The van der Waals surface area contributed by atoms with E-state index < -0.39 is 0 Å². The summed E-state index contributed by atoms with van der Waals surface area (Å²) in [4.78, 5) is 19.5. The summed E-state index contributed by atoms with van der Waals surface area (Å²) in [6.45, 7) is 1.82. The van der Waals surface area contributed by atoms with E-state index in [-0.39, 0.29) is 31.1 Å². The Morgan fingerprint density at radius 1 is 1.06 bits per heavy atom. The van der Waals surface area contributed by atoms with Gasteiger partial charge in [-0.3, -0.25) is 4.79 Å². The topological polar surface area (TPSA) is 50.2 Å². The highest BCUT2D eigenvalue weighted by atomic mass is 35.5. The average molecular weight is 459 g/mol.